The van der Waals surface area contributed by atoms with Crippen LogP contribution in [0.2, 0.25) is 0 Å². The van der Waals surface area contributed by atoms with E-state index in [1.165, 1.54) is 12.1 Å². The third kappa shape index (κ3) is 11.9. The van der Waals surface area contributed by atoms with Gasteiger partial charge in [0.05, 0.1) is 55.8 Å². The predicted molar refractivity (Wildman–Crippen MR) is 202 cm³/mol. The normalized spacial score (nSPS) is 18.1. The molecule has 4 rings (SSSR count). The first kappa shape index (κ1) is 43.0. The van der Waals surface area contributed by atoms with Gasteiger partial charge in [0.25, 0.3) is 20.2 Å². The van der Waals surface area contributed by atoms with E-state index in [-0.39, 0.29) is 62.1 Å². The summed E-state index contributed by atoms with van der Waals surface area (Å²) >= 11 is -2.29. The number of allylic oxidation sites excluding steroid dienone is 3. The van der Waals surface area contributed by atoms with Gasteiger partial charge in [-0.3, -0.25) is 18.1 Å². The van der Waals surface area contributed by atoms with Crippen LogP contribution in [0.15, 0.2) is 75.9 Å². The minimum Gasteiger partial charge on any atom is -0.772 e. The van der Waals surface area contributed by atoms with Crippen molar-refractivity contribution in [2.75, 3.05) is 62.5 Å². The largest absolute Gasteiger partial charge is 0.772 e. The molecular weight excluding hydrogens is 765 g/mol. The zero-order valence-corrected chi connectivity index (χ0v) is 32.5. The number of carboxylic acid groups (broad SMARTS) is 1. The molecule has 2 heterocycles. The van der Waals surface area contributed by atoms with E-state index < -0.39 is 42.7 Å². The standard InChI is InChI=1S/C36H46N2O13S3/c1-3-37(16-6-24-53(43,44)45)28-9-11-30-27(13-19-51-33(30)25-28)7-4-8-34-36(2,15-5-23-52(41)42)31-26-29(54(46,47)48)10-12-32(31)38(34)17-20-50-22-21-49-18-14-35(39)40/h4,7-13,19,25-26H,3,5-6,14-18,20-24H2,1-2H3,(H3-,39,40,41,42,43,44,45,46,47,48). The molecule has 1 aromatic carbocycles. The summed E-state index contributed by atoms with van der Waals surface area (Å²) in [7, 11) is -8.61. The first-order valence-corrected chi connectivity index (χ1v) is 21.6. The first-order valence-electron chi connectivity index (χ1n) is 17.3. The van der Waals surface area contributed by atoms with Crippen LogP contribution in [-0.2, 0) is 51.0 Å². The van der Waals surface area contributed by atoms with Gasteiger partial charge < -0.3 is 28.5 Å². The molecule has 1 aliphatic carbocycles. The van der Waals surface area contributed by atoms with Gasteiger partial charge in [-0.15, -0.1) is 0 Å². The van der Waals surface area contributed by atoms with Crippen LogP contribution < -0.4 is 14.8 Å². The quantitative estimate of drug-likeness (QED) is 0.0606. The van der Waals surface area contributed by atoms with Gasteiger partial charge in [0, 0.05) is 47.1 Å². The summed E-state index contributed by atoms with van der Waals surface area (Å²) in [6, 6.07) is 11.8. The summed E-state index contributed by atoms with van der Waals surface area (Å²) in [5.41, 5.74) is 2.76. The van der Waals surface area contributed by atoms with E-state index in [0.29, 0.717) is 43.1 Å². The second-order valence-electron chi connectivity index (χ2n) is 12.8. The molecule has 18 heteroatoms. The van der Waals surface area contributed by atoms with Gasteiger partial charge in [0.1, 0.15) is 18.8 Å². The van der Waals surface area contributed by atoms with Crippen LogP contribution in [0.5, 0.6) is 0 Å². The minimum absolute atomic E-state index is 0.0584. The van der Waals surface area contributed by atoms with E-state index in [0.717, 1.165) is 22.2 Å². The molecule has 54 heavy (non-hydrogen) atoms. The number of nitrogens with zero attached hydrogens (tertiary/aromatic N) is 2. The molecule has 1 aromatic rings. The van der Waals surface area contributed by atoms with E-state index in [2.05, 4.69) is 0 Å². The second-order valence-corrected chi connectivity index (χ2v) is 16.8. The number of ether oxygens (including phenoxy) is 2. The molecule has 0 radical (unpaired) electrons. The first-order chi connectivity index (χ1) is 25.5. The van der Waals surface area contributed by atoms with Crippen LogP contribution >= 0.6 is 0 Å². The Bertz CT molecular complexity index is 2130. The molecule has 2 aliphatic heterocycles. The molecule has 3 aliphatic rings. The summed E-state index contributed by atoms with van der Waals surface area (Å²) in [5, 5.41) is 9.61. The second kappa shape index (κ2) is 19.2. The van der Waals surface area contributed by atoms with Gasteiger partial charge in [0.2, 0.25) is 5.36 Å². The van der Waals surface area contributed by atoms with Crippen LogP contribution in [0.1, 0.15) is 50.7 Å². The molecule has 0 aromatic heterocycles. The third-order valence-electron chi connectivity index (χ3n) is 9.11. The topological polar surface area (TPSA) is 224 Å². The Hall–Kier alpha value is -3.75. The van der Waals surface area contributed by atoms with Gasteiger partial charge in [-0.2, -0.15) is 16.8 Å². The molecule has 296 valence electrons. The van der Waals surface area contributed by atoms with E-state index in [9.17, 15) is 34.9 Å². The zero-order chi connectivity index (χ0) is 39.5. The lowest BCUT2D eigenvalue weighted by atomic mass is 9.77. The molecule has 0 fully saturated rings. The van der Waals surface area contributed by atoms with Crippen molar-refractivity contribution in [1.82, 2.24) is 4.58 Å². The Morgan fingerprint density at radius 1 is 1.04 bits per heavy atom. The van der Waals surface area contributed by atoms with Crippen molar-refractivity contribution < 1.29 is 58.5 Å². The fourth-order valence-electron chi connectivity index (χ4n) is 6.49. The van der Waals surface area contributed by atoms with Crippen molar-refractivity contribution >= 4 is 49.0 Å². The number of aliphatic carboxylic acids is 1. The number of hydrogen-bond acceptors (Lipinski definition) is 11. The number of carboxylic acids is 1. The lowest BCUT2D eigenvalue weighted by Gasteiger charge is -2.30. The molecule has 0 spiro atoms. The Morgan fingerprint density at radius 3 is 2.44 bits per heavy atom. The number of anilines is 1. The maximum absolute atomic E-state index is 12.2. The van der Waals surface area contributed by atoms with Crippen LogP contribution in [0.25, 0.3) is 17.4 Å². The number of benzene rings is 2. The fraction of sp³-hybridized carbons (Fsp3) is 0.444. The zero-order valence-electron chi connectivity index (χ0n) is 30.1. The summed E-state index contributed by atoms with van der Waals surface area (Å²) in [4.78, 5) is 12.4. The summed E-state index contributed by atoms with van der Waals surface area (Å²) in [6.07, 6.45) is 7.91. The van der Waals surface area contributed by atoms with Crippen LogP contribution in [-0.4, -0.2) is 103 Å². The Balaban J connectivity index is 1.69. The number of hydrogen-bond donors (Lipinski definition) is 3. The van der Waals surface area contributed by atoms with E-state index >= 15 is 0 Å². The maximum Gasteiger partial charge on any atom is 0.305 e. The van der Waals surface area contributed by atoms with Crippen molar-refractivity contribution in [2.24, 2.45) is 0 Å². The van der Waals surface area contributed by atoms with Crippen molar-refractivity contribution in [3.8, 4) is 11.3 Å². The summed E-state index contributed by atoms with van der Waals surface area (Å²) in [5.74, 6) is -0.821. The van der Waals surface area contributed by atoms with Crippen molar-refractivity contribution in [2.45, 2.75) is 49.8 Å². The molecule has 0 bridgehead atoms. The van der Waals surface area contributed by atoms with Crippen molar-refractivity contribution in [3.05, 3.63) is 83.1 Å². The van der Waals surface area contributed by atoms with Crippen molar-refractivity contribution in [3.63, 3.8) is 0 Å². The van der Waals surface area contributed by atoms with Gasteiger partial charge >= 0.3 is 5.97 Å². The molecule has 2 atom stereocenters. The van der Waals surface area contributed by atoms with Crippen LogP contribution in [0, 0.1) is 0 Å². The lowest BCUT2D eigenvalue weighted by Crippen LogP contribution is -2.31. The Kier molecular flexibility index (Phi) is 15.3. The smallest absolute Gasteiger partial charge is 0.305 e. The average molecular weight is 811 g/mol. The van der Waals surface area contributed by atoms with Crippen LogP contribution in [0.3, 0.4) is 0 Å². The molecule has 0 saturated carbocycles. The number of rotatable bonds is 21. The highest BCUT2D eigenvalue weighted by Gasteiger charge is 2.43. The molecule has 3 N–H and O–H groups in total. The number of carbonyl (C=O) groups is 1. The molecule has 2 unspecified atom stereocenters. The Labute approximate surface area is 317 Å². The van der Waals surface area contributed by atoms with Gasteiger partial charge in [-0.1, -0.05) is 23.2 Å². The van der Waals surface area contributed by atoms with E-state index in [4.69, 9.17) is 23.6 Å². The van der Waals surface area contributed by atoms with E-state index in [1.807, 2.05) is 59.8 Å². The summed E-state index contributed by atoms with van der Waals surface area (Å²) in [6.45, 7) is 5.86. The van der Waals surface area contributed by atoms with Gasteiger partial charge in [-0.05, 0) is 74.2 Å². The third-order valence-corrected chi connectivity index (χ3v) is 11.4. The molecule has 0 amide bonds. The van der Waals surface area contributed by atoms with Crippen LogP contribution in [0.4, 0.5) is 5.69 Å². The van der Waals surface area contributed by atoms with Crippen molar-refractivity contribution in [1.29, 1.82) is 0 Å². The highest BCUT2D eigenvalue weighted by atomic mass is 32.2. The predicted octanol–water partition coefficient (Wildman–Crippen LogP) is 3.54. The monoisotopic (exact) mass is 810 g/mol. The molecule has 0 saturated heterocycles. The van der Waals surface area contributed by atoms with Gasteiger partial charge in [-0.25, -0.2) is 4.58 Å². The molecule has 15 nitrogen and oxygen atoms in total. The number of fused-ring (bicyclic) bond motifs is 2. The summed E-state index contributed by atoms with van der Waals surface area (Å²) < 4.78 is 108. The van der Waals surface area contributed by atoms with E-state index in [1.54, 1.807) is 18.4 Å². The highest BCUT2D eigenvalue weighted by molar-refractivity contribution is 7.86. The lowest BCUT2D eigenvalue weighted by molar-refractivity contribution is -0.138. The van der Waals surface area contributed by atoms with Gasteiger partial charge in [0.15, 0.2) is 0 Å². The minimum atomic E-state index is -4.55. The Morgan fingerprint density at radius 2 is 1.78 bits per heavy atom. The SMILES string of the molecule is CC[N+](CCCS(=O)(=O)O)=c1ccc2c(C=CC=C3N(CCOCCOCCC(=O)O)c4ccc(S(=O)(=O)O)cc4C3(C)CCCS(=O)[O-])ccoc-2c1. The highest BCUT2D eigenvalue weighted by Crippen LogP contribution is 2.51. The fourth-order valence-corrected chi connectivity index (χ4v) is 7.87. The average Bonchev–Trinajstić information content (AvgIpc) is 3.32. The molecular formula is C36H46N2O13S3. The maximum atomic E-state index is 12.2.